The molecule has 10 heteroatoms. The molecule has 0 aliphatic carbocycles. The molecule has 0 atom stereocenters. The number of aromatic nitrogens is 4. The second-order valence-electron chi connectivity index (χ2n) is 7.41. The fraction of sp³-hybridized carbons (Fsp3) is 0.125. The zero-order valence-corrected chi connectivity index (χ0v) is 18.9. The Morgan fingerprint density at radius 2 is 1.53 bits per heavy atom. The first kappa shape index (κ1) is 22.5. The van der Waals surface area contributed by atoms with E-state index in [0.29, 0.717) is 17.5 Å². The molecule has 2 heterocycles. The maximum absolute atomic E-state index is 12.4. The van der Waals surface area contributed by atoms with Gasteiger partial charge >= 0.3 is 0 Å². The van der Waals surface area contributed by atoms with Gasteiger partial charge in [0.25, 0.3) is 11.5 Å². The minimum Gasteiger partial charge on any atom is -0.497 e. The molecule has 0 bridgehead atoms. The molecule has 0 saturated carbocycles. The smallest absolute Gasteiger partial charge is 0.276 e. The number of methoxy groups -OCH3 is 1. The Bertz CT molecular complexity index is 1370. The van der Waals surface area contributed by atoms with Gasteiger partial charge in [0, 0.05) is 41.9 Å². The summed E-state index contributed by atoms with van der Waals surface area (Å²) in [5, 5.41) is 13.1. The highest BCUT2D eigenvalue weighted by atomic mass is 16.5. The Morgan fingerprint density at radius 1 is 0.882 bits per heavy atom. The molecule has 0 radical (unpaired) electrons. The lowest BCUT2D eigenvalue weighted by molar-refractivity contribution is 0.102. The van der Waals surface area contributed by atoms with Crippen LogP contribution in [0.5, 0.6) is 5.75 Å². The number of carbonyl (C=O) groups excluding carboxylic acids is 1. The molecular formula is C24H23N7O3. The molecule has 0 spiro atoms. The van der Waals surface area contributed by atoms with Gasteiger partial charge in [-0.25, -0.2) is 9.67 Å². The number of carbonyl (C=O) groups is 1. The number of amides is 1. The van der Waals surface area contributed by atoms with Gasteiger partial charge in [-0.05, 0) is 61.5 Å². The number of ether oxygens (including phenoxy) is 1. The van der Waals surface area contributed by atoms with E-state index in [2.05, 4.69) is 31.0 Å². The number of anilines is 5. The molecule has 10 nitrogen and oxygen atoms in total. The van der Waals surface area contributed by atoms with Crippen molar-refractivity contribution in [1.82, 2.24) is 19.7 Å². The minimum absolute atomic E-state index is 0.148. The van der Waals surface area contributed by atoms with Crippen molar-refractivity contribution in [1.29, 1.82) is 0 Å². The first-order chi connectivity index (χ1) is 16.4. The Kier molecular flexibility index (Phi) is 6.49. The van der Waals surface area contributed by atoms with Crippen molar-refractivity contribution in [3.63, 3.8) is 0 Å². The van der Waals surface area contributed by atoms with Gasteiger partial charge in [0.15, 0.2) is 0 Å². The summed E-state index contributed by atoms with van der Waals surface area (Å²) >= 11 is 0. The van der Waals surface area contributed by atoms with E-state index >= 15 is 0 Å². The van der Waals surface area contributed by atoms with Crippen LogP contribution >= 0.6 is 0 Å². The van der Waals surface area contributed by atoms with Crippen LogP contribution in [0, 0.1) is 6.92 Å². The molecule has 0 aliphatic rings. The third-order valence-corrected chi connectivity index (χ3v) is 4.81. The molecule has 34 heavy (non-hydrogen) atoms. The Hall–Kier alpha value is -4.73. The van der Waals surface area contributed by atoms with Gasteiger partial charge in [0.05, 0.1) is 7.11 Å². The molecule has 0 unspecified atom stereocenters. The molecule has 172 valence electrons. The summed E-state index contributed by atoms with van der Waals surface area (Å²) in [5.41, 5.74) is 2.86. The fourth-order valence-corrected chi connectivity index (χ4v) is 3.10. The van der Waals surface area contributed by atoms with Crippen LogP contribution in [-0.2, 0) is 7.05 Å². The van der Waals surface area contributed by atoms with Gasteiger partial charge in [0.2, 0.25) is 5.95 Å². The summed E-state index contributed by atoms with van der Waals surface area (Å²) in [6.07, 6.45) is 0. The van der Waals surface area contributed by atoms with Crippen molar-refractivity contribution in [3.8, 4) is 5.75 Å². The summed E-state index contributed by atoms with van der Waals surface area (Å²) in [5.74, 6) is 1.45. The monoisotopic (exact) mass is 457 g/mol. The zero-order valence-electron chi connectivity index (χ0n) is 18.9. The highest BCUT2D eigenvalue weighted by molar-refractivity contribution is 6.02. The minimum atomic E-state index is -0.410. The summed E-state index contributed by atoms with van der Waals surface area (Å²) in [4.78, 5) is 32.8. The van der Waals surface area contributed by atoms with Crippen LogP contribution in [0.15, 0.2) is 71.5 Å². The molecule has 1 amide bonds. The maximum atomic E-state index is 12.4. The second kappa shape index (κ2) is 9.82. The van der Waals surface area contributed by atoms with Crippen LogP contribution in [0.2, 0.25) is 0 Å². The average Bonchev–Trinajstić information content (AvgIpc) is 2.82. The third kappa shape index (κ3) is 5.54. The molecule has 2 aromatic heterocycles. The van der Waals surface area contributed by atoms with E-state index in [-0.39, 0.29) is 11.3 Å². The summed E-state index contributed by atoms with van der Waals surface area (Å²) in [6.45, 7) is 1.89. The molecule has 4 aromatic rings. The Morgan fingerprint density at radius 3 is 2.21 bits per heavy atom. The quantitative estimate of drug-likeness (QED) is 0.384. The second-order valence-corrected chi connectivity index (χ2v) is 7.41. The van der Waals surface area contributed by atoms with E-state index in [9.17, 15) is 9.59 Å². The molecule has 0 aliphatic heterocycles. The van der Waals surface area contributed by atoms with Crippen LogP contribution in [0.3, 0.4) is 0 Å². The van der Waals surface area contributed by atoms with Crippen LogP contribution in [0.1, 0.15) is 16.2 Å². The van der Waals surface area contributed by atoms with E-state index in [1.54, 1.807) is 31.4 Å². The van der Waals surface area contributed by atoms with Gasteiger partial charge in [-0.3, -0.25) is 9.59 Å². The predicted octanol–water partition coefficient (Wildman–Crippen LogP) is 3.63. The standard InChI is InChI=1S/C24H23N7O3/c1-15-14-21(26-16-8-10-19(34-3)11-9-16)29-24(25-15)28-18-6-4-17(5-7-18)27-23(33)20-12-13-22(32)31(2)30-20/h4-14H,1-3H3,(H,27,33)(H2,25,26,28,29). The number of nitrogens with one attached hydrogen (secondary N) is 3. The molecular weight excluding hydrogens is 434 g/mol. The van der Waals surface area contributed by atoms with Crippen molar-refractivity contribution >= 4 is 34.7 Å². The highest BCUT2D eigenvalue weighted by Gasteiger charge is 2.09. The van der Waals surface area contributed by atoms with Crippen molar-refractivity contribution in [2.24, 2.45) is 7.05 Å². The van der Waals surface area contributed by atoms with Crippen LogP contribution in [0.4, 0.5) is 28.8 Å². The maximum Gasteiger partial charge on any atom is 0.276 e. The van der Waals surface area contributed by atoms with Crippen LogP contribution in [0.25, 0.3) is 0 Å². The van der Waals surface area contributed by atoms with Gasteiger partial charge in [-0.15, -0.1) is 0 Å². The van der Waals surface area contributed by atoms with Gasteiger partial charge in [-0.1, -0.05) is 0 Å². The van der Waals surface area contributed by atoms with Crippen LogP contribution in [-0.4, -0.2) is 32.8 Å². The third-order valence-electron chi connectivity index (χ3n) is 4.81. The summed E-state index contributed by atoms with van der Waals surface area (Å²) in [6, 6.07) is 19.2. The lowest BCUT2D eigenvalue weighted by Gasteiger charge is -2.11. The number of nitrogens with zero attached hydrogens (tertiary/aromatic N) is 4. The number of hydrogen-bond acceptors (Lipinski definition) is 8. The number of aryl methyl sites for hydroxylation is 2. The van der Waals surface area contributed by atoms with Crippen LogP contribution < -0.4 is 26.2 Å². The predicted molar refractivity (Wildman–Crippen MR) is 130 cm³/mol. The Balaban J connectivity index is 1.42. The highest BCUT2D eigenvalue weighted by Crippen LogP contribution is 2.22. The first-order valence-electron chi connectivity index (χ1n) is 10.4. The van der Waals surface area contributed by atoms with Gasteiger partial charge in [-0.2, -0.15) is 10.1 Å². The van der Waals surface area contributed by atoms with Crippen molar-refractivity contribution < 1.29 is 9.53 Å². The molecule has 4 rings (SSSR count). The lowest BCUT2D eigenvalue weighted by atomic mass is 10.2. The summed E-state index contributed by atoms with van der Waals surface area (Å²) < 4.78 is 6.30. The topological polar surface area (TPSA) is 123 Å². The van der Waals surface area contributed by atoms with Crippen molar-refractivity contribution in [2.75, 3.05) is 23.1 Å². The fourth-order valence-electron chi connectivity index (χ4n) is 3.10. The lowest BCUT2D eigenvalue weighted by Crippen LogP contribution is -2.23. The summed E-state index contributed by atoms with van der Waals surface area (Å²) in [7, 11) is 3.12. The van der Waals surface area contributed by atoms with E-state index in [0.717, 1.165) is 27.5 Å². The van der Waals surface area contributed by atoms with E-state index < -0.39 is 5.91 Å². The number of rotatable bonds is 7. The largest absolute Gasteiger partial charge is 0.497 e. The van der Waals surface area contributed by atoms with E-state index in [1.807, 2.05) is 37.3 Å². The average molecular weight is 457 g/mol. The van der Waals surface area contributed by atoms with E-state index in [1.165, 1.54) is 19.2 Å². The first-order valence-corrected chi connectivity index (χ1v) is 10.4. The molecule has 0 saturated heterocycles. The molecule has 3 N–H and O–H groups in total. The molecule has 0 fully saturated rings. The Labute approximate surface area is 195 Å². The number of hydrogen-bond donors (Lipinski definition) is 3. The van der Waals surface area contributed by atoms with Gasteiger partial charge in [0.1, 0.15) is 17.3 Å². The zero-order chi connectivity index (χ0) is 24.1. The van der Waals surface area contributed by atoms with E-state index in [4.69, 9.17) is 4.74 Å². The van der Waals surface area contributed by atoms with Crippen molar-refractivity contribution in [2.45, 2.75) is 6.92 Å². The normalized spacial score (nSPS) is 10.4. The van der Waals surface area contributed by atoms with Crippen molar-refractivity contribution in [3.05, 3.63) is 88.5 Å². The number of benzene rings is 2. The molecule has 2 aromatic carbocycles. The SMILES string of the molecule is COc1ccc(Nc2cc(C)nc(Nc3ccc(NC(=O)c4ccc(=O)n(C)n4)cc3)n2)cc1. The van der Waals surface area contributed by atoms with Gasteiger partial charge < -0.3 is 20.7 Å².